The minimum absolute atomic E-state index is 0.0263. The van der Waals surface area contributed by atoms with E-state index in [9.17, 15) is 19.2 Å². The van der Waals surface area contributed by atoms with Crippen LogP contribution >= 0.6 is 0 Å². The summed E-state index contributed by atoms with van der Waals surface area (Å²) >= 11 is 0. The van der Waals surface area contributed by atoms with Crippen LogP contribution < -0.4 is 10.6 Å². The van der Waals surface area contributed by atoms with Gasteiger partial charge in [0, 0.05) is 32.7 Å². The summed E-state index contributed by atoms with van der Waals surface area (Å²) in [5.41, 5.74) is 0.193. The molecule has 0 unspecified atom stereocenters. The van der Waals surface area contributed by atoms with E-state index in [1.165, 1.54) is 7.11 Å². The summed E-state index contributed by atoms with van der Waals surface area (Å²) in [6.07, 6.45) is 1.11. The molecule has 0 saturated carbocycles. The monoisotopic (exact) mass is 626 g/mol. The van der Waals surface area contributed by atoms with E-state index in [4.69, 9.17) is 18.7 Å². The van der Waals surface area contributed by atoms with Gasteiger partial charge in [-0.05, 0) is 37.7 Å². The van der Waals surface area contributed by atoms with Crippen LogP contribution in [0.3, 0.4) is 0 Å². The number of aryl methyl sites for hydroxylation is 1. The van der Waals surface area contributed by atoms with Crippen molar-refractivity contribution >= 4 is 23.4 Å². The smallest absolute Gasteiger partial charge is 0.274 e. The Kier molecular flexibility index (Phi) is 12.4. The highest BCUT2D eigenvalue weighted by Gasteiger charge is 2.50. The molecule has 2 amide bonds. The fourth-order valence-corrected chi connectivity index (χ4v) is 5.40. The summed E-state index contributed by atoms with van der Waals surface area (Å²) in [7, 11) is 1.45. The molecule has 12 heteroatoms. The number of ether oxygens (including phenoxy) is 3. The Bertz CT molecular complexity index is 1290. The second kappa shape index (κ2) is 16.2. The molecule has 3 heterocycles. The van der Waals surface area contributed by atoms with Crippen molar-refractivity contribution in [2.24, 2.45) is 11.8 Å². The summed E-state index contributed by atoms with van der Waals surface area (Å²) < 4.78 is 21.5. The molecule has 4 atom stereocenters. The zero-order valence-electron chi connectivity index (χ0n) is 26.7. The number of epoxide rings is 1. The van der Waals surface area contributed by atoms with Gasteiger partial charge in [-0.3, -0.25) is 24.1 Å². The average Bonchev–Trinajstić information content (AvgIpc) is 3.61. The Labute approximate surface area is 264 Å². The lowest BCUT2D eigenvalue weighted by Gasteiger charge is -2.25. The van der Waals surface area contributed by atoms with Gasteiger partial charge in [-0.25, -0.2) is 0 Å². The van der Waals surface area contributed by atoms with Crippen molar-refractivity contribution < 1.29 is 37.9 Å². The number of hydrogen-bond acceptors (Lipinski definition) is 10. The average molecular weight is 627 g/mol. The molecule has 45 heavy (non-hydrogen) atoms. The summed E-state index contributed by atoms with van der Waals surface area (Å²) in [5.74, 6) is -1.66. The van der Waals surface area contributed by atoms with Crippen LogP contribution in [-0.4, -0.2) is 97.7 Å². The van der Waals surface area contributed by atoms with Crippen LogP contribution in [0.1, 0.15) is 61.8 Å². The summed E-state index contributed by atoms with van der Waals surface area (Å²) in [4.78, 5) is 55.7. The number of Topliss-reactive ketones (excluding diaryl/α,β-unsaturated/α-hetero) is 2. The van der Waals surface area contributed by atoms with Gasteiger partial charge in [-0.15, -0.1) is 0 Å². The van der Waals surface area contributed by atoms with Crippen LogP contribution in [-0.2, 0) is 41.6 Å². The second-order valence-electron chi connectivity index (χ2n) is 12.5. The van der Waals surface area contributed by atoms with E-state index in [2.05, 4.69) is 20.7 Å². The molecule has 1 aromatic carbocycles. The number of hydrogen-bond donors (Lipinski definition) is 2. The lowest BCUT2D eigenvalue weighted by Crippen LogP contribution is -2.50. The summed E-state index contributed by atoms with van der Waals surface area (Å²) in [6, 6.07) is 9.59. The molecule has 4 rings (SSSR count). The van der Waals surface area contributed by atoms with Crippen LogP contribution in [0.2, 0.25) is 0 Å². The van der Waals surface area contributed by atoms with Gasteiger partial charge in [0.25, 0.3) is 5.91 Å². The lowest BCUT2D eigenvalue weighted by atomic mass is 9.91. The Morgan fingerprint density at radius 3 is 2.42 bits per heavy atom. The topological polar surface area (TPSA) is 153 Å². The highest BCUT2D eigenvalue weighted by atomic mass is 16.6. The van der Waals surface area contributed by atoms with E-state index >= 15 is 0 Å². The Hall–Kier alpha value is -3.45. The number of benzene rings is 1. The molecular weight excluding hydrogens is 580 g/mol. The third-order valence-electron chi connectivity index (χ3n) is 8.16. The Morgan fingerprint density at radius 2 is 1.78 bits per heavy atom. The van der Waals surface area contributed by atoms with E-state index in [0.29, 0.717) is 51.4 Å². The molecule has 0 bridgehead atoms. The minimum Gasteiger partial charge on any atom is -0.384 e. The van der Waals surface area contributed by atoms with Gasteiger partial charge < -0.3 is 29.4 Å². The number of carbonyl (C=O) groups excluding carboxylic acids is 4. The van der Waals surface area contributed by atoms with Crippen LogP contribution in [0.25, 0.3) is 0 Å². The van der Waals surface area contributed by atoms with Gasteiger partial charge >= 0.3 is 0 Å². The largest absolute Gasteiger partial charge is 0.384 e. The molecule has 0 spiro atoms. The zero-order valence-corrected chi connectivity index (χ0v) is 26.7. The molecule has 2 fully saturated rings. The maximum Gasteiger partial charge on any atom is 0.274 e. The van der Waals surface area contributed by atoms with Crippen molar-refractivity contribution in [1.29, 1.82) is 0 Å². The van der Waals surface area contributed by atoms with E-state index in [-0.39, 0.29) is 36.2 Å². The Morgan fingerprint density at radius 1 is 1.07 bits per heavy atom. The number of nitrogens with zero attached hydrogens (tertiary/aromatic N) is 2. The Balaban J connectivity index is 1.44. The van der Waals surface area contributed by atoms with Gasteiger partial charge in [-0.1, -0.05) is 49.3 Å². The molecule has 2 aromatic rings. The molecule has 246 valence electrons. The first-order valence-electron chi connectivity index (χ1n) is 15.7. The van der Waals surface area contributed by atoms with Crippen molar-refractivity contribution in [2.75, 3.05) is 46.6 Å². The van der Waals surface area contributed by atoms with Crippen molar-refractivity contribution in [3.63, 3.8) is 0 Å². The number of amides is 2. The third kappa shape index (κ3) is 10.3. The fourth-order valence-electron chi connectivity index (χ4n) is 5.40. The number of nitrogens with one attached hydrogen (secondary N) is 2. The molecule has 0 radical (unpaired) electrons. The quantitative estimate of drug-likeness (QED) is 0.236. The van der Waals surface area contributed by atoms with E-state index in [1.807, 2.05) is 44.2 Å². The van der Waals surface area contributed by atoms with Crippen LogP contribution in [0.15, 0.2) is 40.9 Å². The van der Waals surface area contributed by atoms with Crippen molar-refractivity contribution in [3.8, 4) is 0 Å². The molecule has 12 nitrogen and oxygen atoms in total. The number of methoxy groups -OCH3 is 1. The molecule has 1 aromatic heterocycles. The summed E-state index contributed by atoms with van der Waals surface area (Å²) in [5, 5.41) is 9.64. The highest BCUT2D eigenvalue weighted by Crippen LogP contribution is 2.30. The van der Waals surface area contributed by atoms with Gasteiger partial charge in [0.1, 0.15) is 5.60 Å². The highest BCUT2D eigenvalue weighted by molar-refractivity contribution is 5.99. The zero-order chi connectivity index (χ0) is 32.4. The molecule has 2 saturated heterocycles. The normalized spacial score (nSPS) is 20.3. The van der Waals surface area contributed by atoms with Crippen molar-refractivity contribution in [1.82, 2.24) is 20.7 Å². The minimum atomic E-state index is -0.893. The van der Waals surface area contributed by atoms with Crippen molar-refractivity contribution in [2.45, 2.75) is 70.7 Å². The maximum atomic E-state index is 13.8. The van der Waals surface area contributed by atoms with Crippen LogP contribution in [0.5, 0.6) is 0 Å². The molecule has 0 aliphatic carbocycles. The first-order valence-corrected chi connectivity index (χ1v) is 15.7. The van der Waals surface area contributed by atoms with Crippen LogP contribution in [0.4, 0.5) is 0 Å². The fraction of sp³-hybridized carbons (Fsp3) is 0.606. The number of ketones is 2. The molecular formula is C33H46N4O8. The van der Waals surface area contributed by atoms with E-state index in [0.717, 1.165) is 18.7 Å². The predicted octanol–water partition coefficient (Wildman–Crippen LogP) is 2.35. The predicted molar refractivity (Wildman–Crippen MR) is 164 cm³/mol. The van der Waals surface area contributed by atoms with E-state index < -0.39 is 35.4 Å². The molecule has 2 N–H and O–H groups in total. The van der Waals surface area contributed by atoms with E-state index in [1.54, 1.807) is 13.0 Å². The first kappa shape index (κ1) is 34.4. The molecule has 2 aliphatic heterocycles. The van der Waals surface area contributed by atoms with Crippen molar-refractivity contribution in [3.05, 3.63) is 53.4 Å². The number of carbonyl (C=O) groups is 4. The number of aromatic nitrogens is 1. The van der Waals surface area contributed by atoms with Gasteiger partial charge in [0.2, 0.25) is 5.91 Å². The molecule has 2 aliphatic rings. The summed E-state index contributed by atoms with van der Waals surface area (Å²) in [6.45, 7) is 9.24. The number of morpholine rings is 1. The number of rotatable bonds is 18. The van der Waals surface area contributed by atoms with Gasteiger partial charge in [-0.2, -0.15) is 0 Å². The SMILES string of the molecule is COC[C@H](CC(=O)[C@H](CCc1ccccc1)NC(=O)c1cc(CN2CCOCC2)on1)C(=O)N[C@@H](CC(C)C)C(=O)[C@@]1(C)CO1. The first-order chi connectivity index (χ1) is 21.6. The second-order valence-corrected chi connectivity index (χ2v) is 12.5. The third-order valence-corrected chi connectivity index (χ3v) is 8.16. The van der Waals surface area contributed by atoms with Crippen LogP contribution in [0, 0.1) is 11.8 Å². The maximum absolute atomic E-state index is 13.8. The van der Waals surface area contributed by atoms with Gasteiger partial charge in [0.05, 0.1) is 51.0 Å². The lowest BCUT2D eigenvalue weighted by molar-refractivity contribution is -0.135. The standard InChI is InChI=1S/C33H46N4O8/c1-22(2)16-27(30(39)33(3)21-44-33)35-31(40)24(20-42-4)17-29(38)26(11-10-23-8-6-5-7-9-23)34-32(41)28-18-25(45-36-28)19-37-12-14-43-15-13-37/h5-9,18,22,24,26-27H,10-17,19-21H2,1-4H3,(H,34,41)(H,35,40)/t24-,26-,27-,33+/m0/s1. The van der Waals surface area contributed by atoms with Gasteiger partial charge in [0.15, 0.2) is 23.0 Å².